The van der Waals surface area contributed by atoms with Crippen LogP contribution in [-0.2, 0) is 0 Å². The summed E-state index contributed by atoms with van der Waals surface area (Å²) >= 11 is 0. The third-order valence-electron chi connectivity index (χ3n) is 4.63. The highest BCUT2D eigenvalue weighted by Gasteiger charge is 2.33. The molecule has 0 bridgehead atoms. The van der Waals surface area contributed by atoms with Crippen molar-refractivity contribution in [2.45, 2.75) is 18.4 Å². The van der Waals surface area contributed by atoms with Crippen LogP contribution in [0.25, 0.3) is 0 Å². The monoisotopic (exact) mass is 396 g/mol. The van der Waals surface area contributed by atoms with E-state index in [1.165, 1.54) is 24.3 Å². The second-order valence-corrected chi connectivity index (χ2v) is 6.67. The molecular formula is C19H19F3N2O4. The molecule has 1 fully saturated rings. The lowest BCUT2D eigenvalue weighted by Gasteiger charge is -2.39. The third-order valence-corrected chi connectivity index (χ3v) is 4.63. The van der Waals surface area contributed by atoms with Gasteiger partial charge in [-0.25, -0.2) is 13.6 Å². The lowest BCUT2D eigenvalue weighted by molar-refractivity contribution is 0.0173. The molecule has 0 aliphatic carbocycles. The maximum Gasteiger partial charge on any atom is 0.404 e. The van der Waals surface area contributed by atoms with E-state index < -0.39 is 29.1 Å². The topological polar surface area (TPSA) is 82.0 Å². The Morgan fingerprint density at radius 2 is 1.89 bits per heavy atom. The Bertz CT molecular complexity index is 870. The summed E-state index contributed by atoms with van der Waals surface area (Å²) in [5, 5.41) is 21.2. The zero-order chi connectivity index (χ0) is 20.3. The Balaban J connectivity index is 1.75. The molecule has 1 amide bonds. The number of benzene rings is 2. The Morgan fingerprint density at radius 1 is 1.18 bits per heavy atom. The number of hydrogen-bond donors (Lipinski definition) is 3. The number of hydrogen-bond acceptors (Lipinski definition) is 4. The standard InChI is InChI=1S/C19H19F3N2O4/c20-12-2-1-3-14(8-12)28-16-10-13(9-15(21)17(16)22)24-6-4-19(27,5-7-24)11-23-18(25)26/h1-3,8-10,23,27H,4-7,11H2,(H,25,26). The minimum Gasteiger partial charge on any atom is -0.465 e. The van der Waals surface area contributed by atoms with Gasteiger partial charge in [-0.15, -0.1) is 0 Å². The van der Waals surface area contributed by atoms with Gasteiger partial charge in [0, 0.05) is 43.5 Å². The van der Waals surface area contributed by atoms with Crippen LogP contribution >= 0.6 is 0 Å². The van der Waals surface area contributed by atoms with Gasteiger partial charge in [-0.1, -0.05) is 6.07 Å². The normalized spacial score (nSPS) is 15.9. The van der Waals surface area contributed by atoms with Crippen LogP contribution in [0.5, 0.6) is 11.5 Å². The van der Waals surface area contributed by atoms with Gasteiger partial charge in [0.25, 0.3) is 0 Å². The van der Waals surface area contributed by atoms with Gasteiger partial charge in [0.05, 0.1) is 5.60 Å². The summed E-state index contributed by atoms with van der Waals surface area (Å²) < 4.78 is 46.8. The van der Waals surface area contributed by atoms with Gasteiger partial charge in [-0.05, 0) is 25.0 Å². The second-order valence-electron chi connectivity index (χ2n) is 6.67. The molecule has 6 nitrogen and oxygen atoms in total. The predicted octanol–water partition coefficient (Wildman–Crippen LogP) is 3.50. The van der Waals surface area contributed by atoms with E-state index in [2.05, 4.69) is 5.32 Å². The quantitative estimate of drug-likeness (QED) is 0.721. The SMILES string of the molecule is O=C(O)NCC1(O)CCN(c2cc(F)c(F)c(Oc3cccc(F)c3)c2)CC1. The Hall–Kier alpha value is -2.94. The first-order valence-electron chi connectivity index (χ1n) is 8.62. The number of nitrogens with zero attached hydrogens (tertiary/aromatic N) is 1. The smallest absolute Gasteiger partial charge is 0.404 e. The minimum atomic E-state index is -1.23. The summed E-state index contributed by atoms with van der Waals surface area (Å²) in [6.07, 6.45) is -0.741. The van der Waals surface area contributed by atoms with Crippen LogP contribution in [0.1, 0.15) is 12.8 Å². The number of carboxylic acid groups (broad SMARTS) is 1. The molecule has 28 heavy (non-hydrogen) atoms. The fourth-order valence-corrected chi connectivity index (χ4v) is 3.06. The second kappa shape index (κ2) is 7.97. The number of aliphatic hydroxyl groups is 1. The summed E-state index contributed by atoms with van der Waals surface area (Å²) in [4.78, 5) is 12.3. The lowest BCUT2D eigenvalue weighted by atomic mass is 9.91. The number of anilines is 1. The molecule has 2 aromatic carbocycles. The highest BCUT2D eigenvalue weighted by molar-refractivity contribution is 5.64. The fourth-order valence-electron chi connectivity index (χ4n) is 3.06. The van der Waals surface area contributed by atoms with Crippen molar-refractivity contribution in [1.82, 2.24) is 5.32 Å². The van der Waals surface area contributed by atoms with Gasteiger partial charge in [0.15, 0.2) is 11.6 Å². The third kappa shape index (κ3) is 4.66. The van der Waals surface area contributed by atoms with E-state index >= 15 is 0 Å². The molecule has 9 heteroatoms. The highest BCUT2D eigenvalue weighted by Crippen LogP contribution is 2.33. The Kier molecular flexibility index (Phi) is 5.64. The molecule has 0 radical (unpaired) electrons. The van der Waals surface area contributed by atoms with Crippen LogP contribution in [0.3, 0.4) is 0 Å². The van der Waals surface area contributed by atoms with Crippen molar-refractivity contribution >= 4 is 11.8 Å². The van der Waals surface area contributed by atoms with Gasteiger partial charge >= 0.3 is 6.09 Å². The Morgan fingerprint density at radius 3 is 2.54 bits per heavy atom. The molecule has 1 aliphatic heterocycles. The van der Waals surface area contributed by atoms with E-state index in [0.717, 1.165) is 12.1 Å². The fraction of sp³-hybridized carbons (Fsp3) is 0.316. The summed E-state index contributed by atoms with van der Waals surface area (Å²) in [5.74, 6) is -3.22. The molecular weight excluding hydrogens is 377 g/mol. The van der Waals surface area contributed by atoms with Crippen molar-refractivity contribution in [2.24, 2.45) is 0 Å². The first-order valence-corrected chi connectivity index (χ1v) is 8.62. The van der Waals surface area contributed by atoms with Crippen molar-refractivity contribution < 1.29 is 32.9 Å². The molecule has 3 N–H and O–H groups in total. The molecule has 3 rings (SSSR count). The molecule has 1 heterocycles. The van der Waals surface area contributed by atoms with E-state index in [-0.39, 0.29) is 30.9 Å². The molecule has 0 unspecified atom stereocenters. The average Bonchev–Trinajstić information content (AvgIpc) is 2.64. The molecule has 1 saturated heterocycles. The number of piperidine rings is 1. The molecule has 0 atom stereocenters. The van der Waals surface area contributed by atoms with Crippen LogP contribution < -0.4 is 15.0 Å². The van der Waals surface area contributed by atoms with Crippen LogP contribution in [0.2, 0.25) is 0 Å². The number of amides is 1. The van der Waals surface area contributed by atoms with E-state index in [1.807, 2.05) is 0 Å². The Labute approximate surface area is 159 Å². The first-order chi connectivity index (χ1) is 13.3. The van der Waals surface area contributed by atoms with E-state index in [4.69, 9.17) is 9.84 Å². The maximum atomic E-state index is 14.1. The highest BCUT2D eigenvalue weighted by atomic mass is 19.2. The molecule has 1 aliphatic rings. The number of carbonyl (C=O) groups is 1. The van der Waals surface area contributed by atoms with Gasteiger partial charge in [-0.3, -0.25) is 0 Å². The maximum absolute atomic E-state index is 14.1. The number of halogens is 3. The summed E-state index contributed by atoms with van der Waals surface area (Å²) in [7, 11) is 0. The van der Waals surface area contributed by atoms with Crippen molar-refractivity contribution in [3.8, 4) is 11.5 Å². The zero-order valence-electron chi connectivity index (χ0n) is 14.8. The van der Waals surface area contributed by atoms with Crippen LogP contribution in [-0.4, -0.2) is 41.5 Å². The number of ether oxygens (including phenoxy) is 1. The number of nitrogens with one attached hydrogen (secondary N) is 1. The molecule has 0 saturated carbocycles. The van der Waals surface area contributed by atoms with Crippen molar-refractivity contribution in [3.05, 3.63) is 53.8 Å². The van der Waals surface area contributed by atoms with Crippen LogP contribution in [0.15, 0.2) is 36.4 Å². The molecule has 2 aromatic rings. The van der Waals surface area contributed by atoms with Gasteiger partial charge in [-0.2, -0.15) is 4.39 Å². The molecule has 150 valence electrons. The summed E-state index contributed by atoms with van der Waals surface area (Å²) in [6.45, 7) is 0.506. The summed E-state index contributed by atoms with van der Waals surface area (Å²) in [5.41, 5.74) is -0.854. The van der Waals surface area contributed by atoms with Crippen LogP contribution in [0.4, 0.5) is 23.7 Å². The van der Waals surface area contributed by atoms with Gasteiger partial charge in [0.2, 0.25) is 5.82 Å². The van der Waals surface area contributed by atoms with E-state index in [0.29, 0.717) is 18.8 Å². The first kappa shape index (κ1) is 19.8. The lowest BCUT2D eigenvalue weighted by Crippen LogP contribution is -2.50. The summed E-state index contributed by atoms with van der Waals surface area (Å²) in [6, 6.07) is 7.40. The van der Waals surface area contributed by atoms with Crippen molar-refractivity contribution in [3.63, 3.8) is 0 Å². The molecule has 0 aromatic heterocycles. The van der Waals surface area contributed by atoms with Crippen molar-refractivity contribution in [2.75, 3.05) is 24.5 Å². The minimum absolute atomic E-state index is 0.0308. The van der Waals surface area contributed by atoms with Crippen molar-refractivity contribution in [1.29, 1.82) is 0 Å². The predicted molar refractivity (Wildman–Crippen MR) is 95.3 cm³/mol. The van der Waals surface area contributed by atoms with Crippen LogP contribution in [0, 0.1) is 17.5 Å². The van der Waals surface area contributed by atoms with Gasteiger partial charge in [0.1, 0.15) is 11.6 Å². The largest absolute Gasteiger partial charge is 0.465 e. The van der Waals surface area contributed by atoms with Gasteiger partial charge < -0.3 is 25.2 Å². The van der Waals surface area contributed by atoms with E-state index in [9.17, 15) is 23.1 Å². The zero-order valence-corrected chi connectivity index (χ0v) is 14.8. The van der Waals surface area contributed by atoms with E-state index in [1.54, 1.807) is 4.90 Å². The molecule has 0 spiro atoms. The average molecular weight is 396 g/mol. The number of rotatable bonds is 5.